The number of carboxylic acid groups (broad SMARTS) is 2. The molecule has 9 nitrogen and oxygen atoms in total. The predicted octanol–water partition coefficient (Wildman–Crippen LogP) is -1.35. The molecule has 2 rings (SSSR count). The van der Waals surface area contributed by atoms with Gasteiger partial charge in [0.05, 0.1) is 0 Å². The lowest BCUT2D eigenvalue weighted by atomic mass is 10.0. The molecular weight excluding hydrogens is 290 g/mol. The molecular formula is C10H11N3O6S. The second-order valence-corrected chi connectivity index (χ2v) is 5.10. The minimum Gasteiger partial charge on any atom is -0.477 e. The van der Waals surface area contributed by atoms with Crippen LogP contribution in [0.3, 0.4) is 0 Å². The maximum Gasteiger partial charge on any atom is 0.358 e. The molecule has 0 spiro atoms. The zero-order valence-electron chi connectivity index (χ0n) is 10.3. The fourth-order valence-corrected chi connectivity index (χ4v) is 3.30. The molecule has 2 aliphatic rings. The Bertz CT molecular complexity index is 557. The SMILES string of the molecule is CON=C(C(=O)O)C1=C(C(=O)O)N2C(=O)[C@@H](N)[C@@H]2SC1. The first kappa shape index (κ1) is 14.3. The zero-order valence-corrected chi connectivity index (χ0v) is 11.1. The topological polar surface area (TPSA) is 143 Å². The first-order valence-corrected chi connectivity index (χ1v) is 6.46. The number of amides is 1. The number of β-lactam (4-membered cyclic amide) rings is 1. The number of nitrogens with zero attached hydrogens (tertiary/aromatic N) is 2. The summed E-state index contributed by atoms with van der Waals surface area (Å²) in [5, 5.41) is 21.1. The lowest BCUT2D eigenvalue weighted by Crippen LogP contribution is -2.68. The second-order valence-electron chi connectivity index (χ2n) is 4.00. The lowest BCUT2D eigenvalue weighted by Gasteiger charge is -2.47. The van der Waals surface area contributed by atoms with E-state index in [4.69, 9.17) is 10.8 Å². The van der Waals surface area contributed by atoms with Gasteiger partial charge in [0.25, 0.3) is 0 Å². The number of aliphatic carboxylic acids is 2. The first-order chi connectivity index (χ1) is 9.40. The molecule has 1 saturated heterocycles. The molecule has 2 atom stereocenters. The highest BCUT2D eigenvalue weighted by molar-refractivity contribution is 8.00. The third-order valence-corrected chi connectivity index (χ3v) is 4.18. The second kappa shape index (κ2) is 5.13. The molecule has 0 aliphatic carbocycles. The highest BCUT2D eigenvalue weighted by Gasteiger charge is 2.52. The van der Waals surface area contributed by atoms with Crippen LogP contribution in [0.15, 0.2) is 16.4 Å². The van der Waals surface area contributed by atoms with Crippen molar-refractivity contribution in [3.63, 3.8) is 0 Å². The Morgan fingerprint density at radius 3 is 2.65 bits per heavy atom. The monoisotopic (exact) mass is 301 g/mol. The van der Waals surface area contributed by atoms with Crippen molar-refractivity contribution in [2.45, 2.75) is 11.4 Å². The summed E-state index contributed by atoms with van der Waals surface area (Å²) in [5.74, 6) is -3.33. The number of carbonyl (C=O) groups excluding carboxylic acids is 1. The van der Waals surface area contributed by atoms with Crippen molar-refractivity contribution in [2.24, 2.45) is 10.9 Å². The molecule has 2 aliphatic heterocycles. The Kier molecular flexibility index (Phi) is 3.68. The van der Waals surface area contributed by atoms with E-state index in [2.05, 4.69) is 9.99 Å². The number of rotatable bonds is 4. The van der Waals surface area contributed by atoms with Crippen molar-refractivity contribution in [3.05, 3.63) is 11.3 Å². The van der Waals surface area contributed by atoms with Crippen LogP contribution in [0.2, 0.25) is 0 Å². The van der Waals surface area contributed by atoms with Crippen LogP contribution < -0.4 is 5.73 Å². The summed E-state index contributed by atoms with van der Waals surface area (Å²) < 4.78 is 0. The number of thioether (sulfide) groups is 1. The molecule has 0 bridgehead atoms. The maximum atomic E-state index is 11.7. The molecule has 0 aromatic carbocycles. The minimum atomic E-state index is -1.43. The number of oxime groups is 1. The van der Waals surface area contributed by atoms with E-state index >= 15 is 0 Å². The Morgan fingerprint density at radius 1 is 1.50 bits per heavy atom. The van der Waals surface area contributed by atoms with Gasteiger partial charge in [-0.2, -0.15) is 0 Å². The van der Waals surface area contributed by atoms with Gasteiger partial charge in [-0.1, -0.05) is 5.16 Å². The highest BCUT2D eigenvalue weighted by atomic mass is 32.2. The Balaban J connectivity index is 2.53. The summed E-state index contributed by atoms with van der Waals surface area (Å²) in [7, 11) is 1.15. The number of carbonyl (C=O) groups is 3. The van der Waals surface area contributed by atoms with Gasteiger partial charge in [0.1, 0.15) is 24.2 Å². The van der Waals surface area contributed by atoms with E-state index in [1.165, 1.54) is 11.8 Å². The molecule has 0 aromatic heterocycles. The predicted molar refractivity (Wildman–Crippen MR) is 67.8 cm³/mol. The number of hydrogen-bond donors (Lipinski definition) is 3. The molecule has 1 amide bonds. The van der Waals surface area contributed by atoms with Crippen molar-refractivity contribution >= 4 is 35.3 Å². The van der Waals surface area contributed by atoms with Gasteiger partial charge in [0, 0.05) is 11.3 Å². The molecule has 0 unspecified atom stereocenters. The van der Waals surface area contributed by atoms with E-state index in [0.717, 1.165) is 12.0 Å². The molecule has 10 heteroatoms. The van der Waals surface area contributed by atoms with Crippen LogP contribution >= 0.6 is 11.8 Å². The van der Waals surface area contributed by atoms with Crippen LogP contribution in [0.25, 0.3) is 0 Å². The molecule has 1 fully saturated rings. The standard InChI is InChI=1S/C10H11N3O6S/c1-19-12-5(9(15)16)3-2-20-8-4(11)7(14)13(8)6(3)10(17)18/h4,8H,2,11H2,1H3,(H,15,16)(H,17,18)/t4-,8+/m1/s1. The van der Waals surface area contributed by atoms with E-state index in [1.807, 2.05) is 0 Å². The van der Waals surface area contributed by atoms with Gasteiger partial charge in [0.2, 0.25) is 5.91 Å². The summed E-state index contributed by atoms with van der Waals surface area (Å²) in [6.07, 6.45) is 0. The lowest BCUT2D eigenvalue weighted by molar-refractivity contribution is -0.147. The van der Waals surface area contributed by atoms with Gasteiger partial charge < -0.3 is 20.8 Å². The number of fused-ring (bicyclic) bond motifs is 1. The Hall–Kier alpha value is -2.07. The van der Waals surface area contributed by atoms with Gasteiger partial charge in [-0.3, -0.25) is 9.69 Å². The molecule has 0 aromatic rings. The maximum absolute atomic E-state index is 11.7. The molecule has 108 valence electrons. The normalized spacial score (nSPS) is 26.0. The zero-order chi connectivity index (χ0) is 15.0. The van der Waals surface area contributed by atoms with Gasteiger partial charge in [0.15, 0.2) is 5.71 Å². The van der Waals surface area contributed by atoms with E-state index < -0.39 is 40.7 Å². The smallest absolute Gasteiger partial charge is 0.358 e. The largest absolute Gasteiger partial charge is 0.477 e. The summed E-state index contributed by atoms with van der Waals surface area (Å²) in [4.78, 5) is 39.6. The van der Waals surface area contributed by atoms with E-state index in [1.54, 1.807) is 0 Å². The number of hydrogen-bond acceptors (Lipinski definition) is 7. The Labute approximate surface area is 117 Å². The van der Waals surface area contributed by atoms with E-state index in [-0.39, 0.29) is 11.3 Å². The third-order valence-electron chi connectivity index (χ3n) is 2.88. The third kappa shape index (κ3) is 2.02. The average Bonchev–Trinajstić information content (AvgIpc) is 2.41. The van der Waals surface area contributed by atoms with Crippen LogP contribution in [-0.2, 0) is 19.2 Å². The van der Waals surface area contributed by atoms with E-state index in [9.17, 15) is 19.5 Å². The molecule has 20 heavy (non-hydrogen) atoms. The van der Waals surface area contributed by atoms with Gasteiger partial charge in [-0.05, 0) is 0 Å². The molecule has 0 saturated carbocycles. The van der Waals surface area contributed by atoms with E-state index in [0.29, 0.717) is 0 Å². The summed E-state index contributed by atoms with van der Waals surface area (Å²) >= 11 is 1.18. The van der Waals surface area contributed by atoms with Crippen molar-refractivity contribution < 1.29 is 29.4 Å². The molecule has 2 heterocycles. The Morgan fingerprint density at radius 2 is 2.15 bits per heavy atom. The van der Waals surface area contributed by atoms with Crippen LogP contribution in [0.5, 0.6) is 0 Å². The van der Waals surface area contributed by atoms with Gasteiger partial charge in [-0.15, -0.1) is 11.8 Å². The van der Waals surface area contributed by atoms with Crippen LogP contribution in [0, 0.1) is 0 Å². The van der Waals surface area contributed by atoms with Crippen LogP contribution in [-0.4, -0.2) is 62.9 Å². The van der Waals surface area contributed by atoms with Gasteiger partial charge >= 0.3 is 11.9 Å². The number of nitrogens with two attached hydrogens (primary N) is 1. The van der Waals surface area contributed by atoms with Crippen molar-refractivity contribution in [1.29, 1.82) is 0 Å². The summed E-state index contributed by atoms with van der Waals surface area (Å²) in [6.45, 7) is 0. The average molecular weight is 301 g/mol. The van der Waals surface area contributed by atoms with Crippen molar-refractivity contribution in [1.82, 2.24) is 4.90 Å². The van der Waals surface area contributed by atoms with Gasteiger partial charge in [-0.25, -0.2) is 9.59 Å². The molecule has 0 radical (unpaired) electrons. The fraction of sp³-hybridized carbons (Fsp3) is 0.400. The molecule has 4 N–H and O–H groups in total. The summed E-state index contributed by atoms with van der Waals surface area (Å²) in [6, 6.07) is -0.774. The van der Waals surface area contributed by atoms with Crippen molar-refractivity contribution in [2.75, 3.05) is 12.9 Å². The highest BCUT2D eigenvalue weighted by Crippen LogP contribution is 2.39. The van der Waals surface area contributed by atoms with Crippen LogP contribution in [0.4, 0.5) is 0 Å². The van der Waals surface area contributed by atoms with Crippen molar-refractivity contribution in [3.8, 4) is 0 Å². The summed E-state index contributed by atoms with van der Waals surface area (Å²) in [5.41, 5.74) is 4.56. The minimum absolute atomic E-state index is 0.0677. The van der Waals surface area contributed by atoms with Crippen LogP contribution in [0.1, 0.15) is 0 Å². The fourth-order valence-electron chi connectivity index (χ4n) is 2.01. The number of carboxylic acids is 2. The quantitative estimate of drug-likeness (QED) is 0.329. The first-order valence-electron chi connectivity index (χ1n) is 5.41.